The summed E-state index contributed by atoms with van der Waals surface area (Å²) in [6.07, 6.45) is 1.35. The third-order valence-electron chi connectivity index (χ3n) is 5.03. The predicted molar refractivity (Wildman–Crippen MR) is 120 cm³/mol. The minimum absolute atomic E-state index is 0.0293. The number of nitrogens with zero attached hydrogens (tertiary/aromatic N) is 1. The number of para-hydroxylation sites is 1. The summed E-state index contributed by atoms with van der Waals surface area (Å²) in [6.45, 7) is 3.83. The van der Waals surface area contributed by atoms with E-state index in [0.29, 0.717) is 37.6 Å². The Morgan fingerprint density at radius 1 is 1.13 bits per heavy atom. The molecule has 30 heavy (non-hydrogen) atoms. The second-order valence-electron chi connectivity index (χ2n) is 7.30. The largest absolute Gasteiger partial charge is 0.356 e. The molecule has 0 spiro atoms. The van der Waals surface area contributed by atoms with Crippen molar-refractivity contribution >= 4 is 23.5 Å². The van der Waals surface area contributed by atoms with Gasteiger partial charge in [-0.15, -0.1) is 0 Å². The Morgan fingerprint density at radius 2 is 1.97 bits per heavy atom. The highest BCUT2D eigenvalue weighted by Gasteiger charge is 2.24. The maximum Gasteiger partial charge on any atom is 0.251 e. The molecule has 0 radical (unpaired) electrons. The second kappa shape index (κ2) is 10.4. The summed E-state index contributed by atoms with van der Waals surface area (Å²) in [5.41, 5.74) is 3.65. The molecule has 0 bridgehead atoms. The van der Waals surface area contributed by atoms with Gasteiger partial charge in [0.2, 0.25) is 5.91 Å². The fourth-order valence-corrected chi connectivity index (χ4v) is 3.47. The Balaban J connectivity index is 1.56. The van der Waals surface area contributed by atoms with Crippen molar-refractivity contribution in [2.45, 2.75) is 32.2 Å². The Hall–Kier alpha value is -3.35. The summed E-state index contributed by atoms with van der Waals surface area (Å²) in [5.74, 6) is 0.704. The Labute approximate surface area is 177 Å². The monoisotopic (exact) mass is 407 g/mol. The van der Waals surface area contributed by atoms with E-state index in [0.717, 1.165) is 23.2 Å². The Morgan fingerprint density at radius 3 is 2.77 bits per heavy atom. The van der Waals surface area contributed by atoms with Crippen LogP contribution in [0, 0.1) is 0 Å². The molecule has 4 N–H and O–H groups in total. The average molecular weight is 408 g/mol. The zero-order valence-electron chi connectivity index (χ0n) is 17.5. The van der Waals surface area contributed by atoms with Crippen molar-refractivity contribution in [2.24, 2.45) is 4.99 Å². The van der Waals surface area contributed by atoms with E-state index in [1.54, 1.807) is 7.05 Å². The van der Waals surface area contributed by atoms with E-state index in [1.807, 2.05) is 55.5 Å². The van der Waals surface area contributed by atoms with Crippen LogP contribution >= 0.6 is 0 Å². The van der Waals surface area contributed by atoms with Gasteiger partial charge < -0.3 is 21.3 Å². The van der Waals surface area contributed by atoms with E-state index in [9.17, 15) is 9.59 Å². The first-order chi connectivity index (χ1) is 14.6. The number of hydrogen-bond acceptors (Lipinski definition) is 3. The Kier molecular flexibility index (Phi) is 7.43. The molecule has 1 atom stereocenters. The van der Waals surface area contributed by atoms with Gasteiger partial charge >= 0.3 is 0 Å². The molecule has 2 aromatic rings. The summed E-state index contributed by atoms with van der Waals surface area (Å²) in [4.78, 5) is 28.4. The van der Waals surface area contributed by atoms with Gasteiger partial charge in [0.1, 0.15) is 0 Å². The number of carbonyl (C=O) groups is 2. The van der Waals surface area contributed by atoms with Crippen LogP contribution in [-0.4, -0.2) is 37.9 Å². The normalized spacial score (nSPS) is 15.7. The predicted octanol–water partition coefficient (Wildman–Crippen LogP) is 2.62. The third kappa shape index (κ3) is 5.59. The van der Waals surface area contributed by atoms with E-state index >= 15 is 0 Å². The maximum atomic E-state index is 12.2. The number of amides is 2. The molecule has 0 aromatic heterocycles. The van der Waals surface area contributed by atoms with Crippen LogP contribution in [0.4, 0.5) is 5.69 Å². The van der Waals surface area contributed by atoms with Crippen LogP contribution in [0.5, 0.6) is 0 Å². The van der Waals surface area contributed by atoms with Crippen LogP contribution in [0.15, 0.2) is 53.5 Å². The molecule has 0 saturated heterocycles. The lowest BCUT2D eigenvalue weighted by Gasteiger charge is -2.26. The highest BCUT2D eigenvalue weighted by molar-refractivity contribution is 5.95. The van der Waals surface area contributed by atoms with Crippen molar-refractivity contribution in [3.63, 3.8) is 0 Å². The lowest BCUT2D eigenvalue weighted by Crippen LogP contribution is -2.40. The van der Waals surface area contributed by atoms with E-state index in [4.69, 9.17) is 0 Å². The van der Waals surface area contributed by atoms with E-state index in [-0.39, 0.29) is 17.7 Å². The molecule has 7 nitrogen and oxygen atoms in total. The molecule has 158 valence electrons. The molecule has 1 aliphatic heterocycles. The van der Waals surface area contributed by atoms with Crippen LogP contribution in [0.2, 0.25) is 0 Å². The van der Waals surface area contributed by atoms with Crippen molar-refractivity contribution in [3.05, 3.63) is 65.2 Å². The first-order valence-electron chi connectivity index (χ1n) is 10.3. The van der Waals surface area contributed by atoms with Crippen LogP contribution in [0.25, 0.3) is 0 Å². The zero-order valence-corrected chi connectivity index (χ0v) is 17.5. The van der Waals surface area contributed by atoms with Crippen molar-refractivity contribution in [1.29, 1.82) is 0 Å². The molecule has 2 aromatic carbocycles. The van der Waals surface area contributed by atoms with Crippen LogP contribution in [0.1, 0.15) is 47.2 Å². The maximum absolute atomic E-state index is 12.2. The zero-order chi connectivity index (χ0) is 21.3. The molecule has 1 aliphatic rings. The van der Waals surface area contributed by atoms with E-state index < -0.39 is 0 Å². The minimum Gasteiger partial charge on any atom is -0.356 e. The summed E-state index contributed by atoms with van der Waals surface area (Å²) in [7, 11) is 1.71. The van der Waals surface area contributed by atoms with Crippen LogP contribution < -0.4 is 21.3 Å². The third-order valence-corrected chi connectivity index (χ3v) is 5.03. The molecular formula is C23H29N5O2. The number of benzene rings is 2. The molecule has 0 fully saturated rings. The molecule has 1 heterocycles. The molecule has 1 unspecified atom stereocenters. The number of hydrogen-bond donors (Lipinski definition) is 4. The Bertz CT molecular complexity index is 925. The lowest BCUT2D eigenvalue weighted by atomic mass is 9.90. The van der Waals surface area contributed by atoms with Gasteiger partial charge in [-0.25, -0.2) is 0 Å². The first kappa shape index (κ1) is 21.4. The van der Waals surface area contributed by atoms with Gasteiger partial charge in [-0.1, -0.05) is 37.3 Å². The fraction of sp³-hybridized carbons (Fsp3) is 0.348. The molecule has 2 amide bonds. The van der Waals surface area contributed by atoms with Gasteiger partial charge in [-0.2, -0.15) is 0 Å². The number of fused-ring (bicyclic) bond motifs is 1. The number of guanidine groups is 1. The van der Waals surface area contributed by atoms with Gasteiger partial charge in [0.15, 0.2) is 5.96 Å². The standard InChI is InChI=1S/C23H29N5O2/c1-3-11-25-22(30)17-8-6-7-16(12-17)14-26-23(24-2)27-15-18-13-21(29)28-20-10-5-4-9-19(18)20/h4-10,12,18H,3,11,13-15H2,1-2H3,(H,25,30)(H,28,29)(H2,24,26,27). The minimum atomic E-state index is -0.0598. The topological polar surface area (TPSA) is 94.6 Å². The highest BCUT2D eigenvalue weighted by Crippen LogP contribution is 2.31. The summed E-state index contributed by atoms with van der Waals surface area (Å²) >= 11 is 0. The van der Waals surface area contributed by atoms with Gasteiger partial charge in [-0.05, 0) is 35.7 Å². The van der Waals surface area contributed by atoms with Gasteiger partial charge in [0.25, 0.3) is 5.91 Å². The number of carbonyl (C=O) groups excluding carboxylic acids is 2. The molecular weight excluding hydrogens is 378 g/mol. The summed E-state index contributed by atoms with van der Waals surface area (Å²) < 4.78 is 0. The molecule has 3 rings (SSSR count). The van der Waals surface area contributed by atoms with Crippen LogP contribution in [-0.2, 0) is 11.3 Å². The second-order valence-corrected chi connectivity index (χ2v) is 7.30. The van der Waals surface area contributed by atoms with Gasteiger partial charge in [-0.3, -0.25) is 14.6 Å². The van der Waals surface area contributed by atoms with E-state index in [2.05, 4.69) is 26.3 Å². The van der Waals surface area contributed by atoms with E-state index in [1.165, 1.54) is 0 Å². The van der Waals surface area contributed by atoms with Crippen molar-refractivity contribution in [3.8, 4) is 0 Å². The average Bonchev–Trinajstić information content (AvgIpc) is 2.77. The number of rotatable bonds is 7. The van der Waals surface area contributed by atoms with Crippen molar-refractivity contribution in [1.82, 2.24) is 16.0 Å². The molecule has 0 saturated carbocycles. The smallest absolute Gasteiger partial charge is 0.251 e. The van der Waals surface area contributed by atoms with Gasteiger partial charge in [0, 0.05) is 50.3 Å². The first-order valence-corrected chi connectivity index (χ1v) is 10.3. The fourth-order valence-electron chi connectivity index (χ4n) is 3.47. The number of nitrogens with one attached hydrogen (secondary N) is 4. The summed E-state index contributed by atoms with van der Waals surface area (Å²) in [6, 6.07) is 15.4. The molecule has 0 aliphatic carbocycles. The SMILES string of the molecule is CCCNC(=O)c1cccc(CNC(=NC)NCC2CC(=O)Nc3ccccc32)c1. The highest BCUT2D eigenvalue weighted by atomic mass is 16.2. The number of aliphatic imine (C=N–C) groups is 1. The quantitative estimate of drug-likeness (QED) is 0.419. The van der Waals surface area contributed by atoms with Crippen molar-refractivity contribution < 1.29 is 9.59 Å². The lowest BCUT2D eigenvalue weighted by molar-refractivity contribution is -0.116. The van der Waals surface area contributed by atoms with Crippen LogP contribution in [0.3, 0.4) is 0 Å². The summed E-state index contributed by atoms with van der Waals surface area (Å²) in [5, 5.41) is 12.4. The van der Waals surface area contributed by atoms with Crippen molar-refractivity contribution in [2.75, 3.05) is 25.5 Å². The van der Waals surface area contributed by atoms with Gasteiger partial charge in [0.05, 0.1) is 0 Å². The number of anilines is 1. The molecule has 7 heteroatoms.